The largest absolute Gasteiger partial charge is 0.496 e. The molecule has 0 amide bonds. The first-order valence-electron chi connectivity index (χ1n) is 5.33. The predicted molar refractivity (Wildman–Crippen MR) is 66.0 cm³/mol. The van der Waals surface area contributed by atoms with Crippen molar-refractivity contribution in [1.82, 2.24) is 4.98 Å². The summed E-state index contributed by atoms with van der Waals surface area (Å²) in [6.45, 7) is 0. The summed E-state index contributed by atoms with van der Waals surface area (Å²) < 4.78 is 18.3. The number of rotatable bonds is 3. The van der Waals surface area contributed by atoms with Crippen LogP contribution in [0.2, 0.25) is 0 Å². The third kappa shape index (κ3) is 2.47. The fourth-order valence-corrected chi connectivity index (χ4v) is 1.70. The minimum Gasteiger partial charge on any atom is -0.496 e. The number of carbonyl (C=O) groups is 1. The van der Waals surface area contributed by atoms with Crippen LogP contribution in [-0.2, 0) is 0 Å². The van der Waals surface area contributed by atoms with E-state index in [9.17, 15) is 14.0 Å². The average molecular weight is 263 g/mol. The van der Waals surface area contributed by atoms with E-state index in [1.165, 1.54) is 37.6 Å². The summed E-state index contributed by atoms with van der Waals surface area (Å²) in [5, 5.41) is 8.89. The van der Waals surface area contributed by atoms with Gasteiger partial charge in [0.15, 0.2) is 0 Å². The fourth-order valence-electron chi connectivity index (χ4n) is 1.70. The van der Waals surface area contributed by atoms with Gasteiger partial charge in [0.25, 0.3) is 5.56 Å². The van der Waals surface area contributed by atoms with E-state index in [2.05, 4.69) is 4.98 Å². The number of aromatic nitrogens is 1. The van der Waals surface area contributed by atoms with E-state index in [4.69, 9.17) is 9.84 Å². The molecule has 98 valence electrons. The number of methoxy groups -OCH3 is 1. The van der Waals surface area contributed by atoms with Crippen LogP contribution in [0.4, 0.5) is 4.39 Å². The molecule has 0 radical (unpaired) electrons. The standard InChI is InChI=1S/C13H10FNO4/c1-19-11-3-2-8(14)5-9(11)7-4-10(13(17)18)12(16)15-6-7/h2-6H,1H3,(H,15,16)(H,17,18). The van der Waals surface area contributed by atoms with E-state index < -0.39 is 22.9 Å². The summed E-state index contributed by atoms with van der Waals surface area (Å²) in [5.74, 6) is -1.46. The molecule has 6 heteroatoms. The van der Waals surface area contributed by atoms with Crippen molar-refractivity contribution in [1.29, 1.82) is 0 Å². The highest BCUT2D eigenvalue weighted by atomic mass is 19.1. The number of ether oxygens (including phenoxy) is 1. The highest BCUT2D eigenvalue weighted by molar-refractivity contribution is 5.89. The Balaban J connectivity index is 2.65. The number of aromatic carboxylic acids is 1. The van der Waals surface area contributed by atoms with Crippen LogP contribution in [0.25, 0.3) is 11.1 Å². The quantitative estimate of drug-likeness (QED) is 0.886. The Morgan fingerprint density at radius 1 is 1.37 bits per heavy atom. The number of benzene rings is 1. The Hall–Kier alpha value is -2.63. The molecule has 1 aromatic heterocycles. The summed E-state index contributed by atoms with van der Waals surface area (Å²) in [7, 11) is 1.42. The van der Waals surface area contributed by atoms with Crippen LogP contribution in [0.5, 0.6) is 5.75 Å². The maximum Gasteiger partial charge on any atom is 0.341 e. The van der Waals surface area contributed by atoms with Gasteiger partial charge >= 0.3 is 5.97 Å². The van der Waals surface area contributed by atoms with E-state index in [0.29, 0.717) is 16.9 Å². The van der Waals surface area contributed by atoms with E-state index in [0.717, 1.165) is 0 Å². The number of aromatic amines is 1. The van der Waals surface area contributed by atoms with Gasteiger partial charge in [-0.15, -0.1) is 0 Å². The normalized spacial score (nSPS) is 10.2. The zero-order chi connectivity index (χ0) is 14.0. The van der Waals surface area contributed by atoms with Gasteiger partial charge in [0.2, 0.25) is 0 Å². The minimum atomic E-state index is -1.35. The lowest BCUT2D eigenvalue weighted by molar-refractivity contribution is 0.0695. The molecule has 0 fully saturated rings. The molecule has 0 saturated heterocycles. The van der Waals surface area contributed by atoms with Crippen molar-refractivity contribution in [2.45, 2.75) is 0 Å². The molecule has 0 bridgehead atoms. The van der Waals surface area contributed by atoms with Gasteiger partial charge in [-0.25, -0.2) is 9.18 Å². The predicted octanol–water partition coefficient (Wildman–Crippen LogP) is 1.89. The summed E-state index contributed by atoms with van der Waals surface area (Å²) in [6, 6.07) is 5.04. The van der Waals surface area contributed by atoms with Crippen molar-refractivity contribution in [2.24, 2.45) is 0 Å². The lowest BCUT2D eigenvalue weighted by atomic mass is 10.0. The monoisotopic (exact) mass is 263 g/mol. The highest BCUT2D eigenvalue weighted by Crippen LogP contribution is 2.30. The molecule has 19 heavy (non-hydrogen) atoms. The van der Waals surface area contributed by atoms with E-state index >= 15 is 0 Å². The van der Waals surface area contributed by atoms with E-state index in [1.807, 2.05) is 0 Å². The second kappa shape index (κ2) is 4.93. The maximum atomic E-state index is 13.3. The van der Waals surface area contributed by atoms with Crippen molar-refractivity contribution in [2.75, 3.05) is 7.11 Å². The zero-order valence-corrected chi connectivity index (χ0v) is 9.94. The Morgan fingerprint density at radius 3 is 2.74 bits per heavy atom. The summed E-state index contributed by atoms with van der Waals surface area (Å²) >= 11 is 0. The Morgan fingerprint density at radius 2 is 2.11 bits per heavy atom. The van der Waals surface area contributed by atoms with Gasteiger partial charge in [-0.2, -0.15) is 0 Å². The number of hydrogen-bond donors (Lipinski definition) is 2. The summed E-state index contributed by atoms with van der Waals surface area (Å²) in [6.07, 6.45) is 1.31. The molecule has 0 aliphatic carbocycles. The minimum absolute atomic E-state index is 0.355. The van der Waals surface area contributed by atoms with Crippen molar-refractivity contribution in [3.05, 3.63) is 52.2 Å². The Bertz CT molecular complexity index is 693. The van der Waals surface area contributed by atoms with Gasteiger partial charge in [-0.3, -0.25) is 4.79 Å². The molecular weight excluding hydrogens is 253 g/mol. The SMILES string of the molecule is COc1ccc(F)cc1-c1c[nH]c(=O)c(C(=O)O)c1. The molecule has 2 N–H and O–H groups in total. The Kier molecular flexibility index (Phi) is 3.33. The molecule has 1 heterocycles. The fraction of sp³-hybridized carbons (Fsp3) is 0.0769. The van der Waals surface area contributed by atoms with Gasteiger partial charge < -0.3 is 14.8 Å². The van der Waals surface area contributed by atoms with Gasteiger partial charge in [0.1, 0.15) is 17.1 Å². The first-order valence-corrected chi connectivity index (χ1v) is 5.33. The van der Waals surface area contributed by atoms with Gasteiger partial charge in [0, 0.05) is 17.3 Å². The molecule has 0 atom stereocenters. The second-order valence-corrected chi connectivity index (χ2v) is 3.78. The number of halogens is 1. The van der Waals surface area contributed by atoms with E-state index in [-0.39, 0.29) is 0 Å². The van der Waals surface area contributed by atoms with Crippen LogP contribution in [-0.4, -0.2) is 23.2 Å². The number of carboxylic acid groups (broad SMARTS) is 1. The number of pyridine rings is 1. The molecule has 2 aromatic rings. The van der Waals surface area contributed by atoms with E-state index in [1.54, 1.807) is 0 Å². The topological polar surface area (TPSA) is 79.4 Å². The van der Waals surface area contributed by atoms with Crippen LogP contribution in [0.1, 0.15) is 10.4 Å². The third-order valence-electron chi connectivity index (χ3n) is 2.61. The molecule has 0 unspecified atom stereocenters. The van der Waals surface area contributed by atoms with Crippen molar-refractivity contribution >= 4 is 5.97 Å². The molecule has 2 rings (SSSR count). The number of nitrogens with one attached hydrogen (secondary N) is 1. The summed E-state index contributed by atoms with van der Waals surface area (Å²) in [5.41, 5.74) is -0.412. The van der Waals surface area contributed by atoms with Gasteiger partial charge in [-0.1, -0.05) is 0 Å². The smallest absolute Gasteiger partial charge is 0.341 e. The van der Waals surface area contributed by atoms with Crippen LogP contribution in [0.15, 0.2) is 35.3 Å². The average Bonchev–Trinajstić information content (AvgIpc) is 2.39. The number of H-pyrrole nitrogens is 1. The lowest BCUT2D eigenvalue weighted by Crippen LogP contribution is -2.16. The van der Waals surface area contributed by atoms with Crippen LogP contribution in [0.3, 0.4) is 0 Å². The van der Waals surface area contributed by atoms with Gasteiger partial charge in [0.05, 0.1) is 7.11 Å². The Labute approximate surface area is 107 Å². The molecular formula is C13H10FNO4. The molecule has 1 aromatic carbocycles. The first kappa shape index (κ1) is 12.8. The van der Waals surface area contributed by atoms with Crippen LogP contribution >= 0.6 is 0 Å². The van der Waals surface area contributed by atoms with Crippen LogP contribution < -0.4 is 10.3 Å². The molecule has 0 aliphatic heterocycles. The molecule has 0 saturated carbocycles. The lowest BCUT2D eigenvalue weighted by Gasteiger charge is -2.09. The van der Waals surface area contributed by atoms with Gasteiger partial charge in [-0.05, 0) is 24.3 Å². The molecule has 5 nitrogen and oxygen atoms in total. The third-order valence-corrected chi connectivity index (χ3v) is 2.61. The maximum absolute atomic E-state index is 13.3. The van der Waals surface area contributed by atoms with Crippen molar-refractivity contribution in [3.8, 4) is 16.9 Å². The first-order chi connectivity index (χ1) is 9.02. The summed E-state index contributed by atoms with van der Waals surface area (Å²) in [4.78, 5) is 24.5. The second-order valence-electron chi connectivity index (χ2n) is 3.78. The highest BCUT2D eigenvalue weighted by Gasteiger charge is 2.13. The molecule has 0 spiro atoms. The van der Waals surface area contributed by atoms with Crippen molar-refractivity contribution in [3.63, 3.8) is 0 Å². The number of hydrogen-bond acceptors (Lipinski definition) is 3. The number of carboxylic acids is 1. The van der Waals surface area contributed by atoms with Crippen molar-refractivity contribution < 1.29 is 19.0 Å². The molecule has 0 aliphatic rings. The zero-order valence-electron chi connectivity index (χ0n) is 9.94. The van der Waals surface area contributed by atoms with Crippen LogP contribution in [0, 0.1) is 5.82 Å².